The first-order chi connectivity index (χ1) is 20.9. The van der Waals surface area contributed by atoms with E-state index in [4.69, 9.17) is 23.2 Å². The van der Waals surface area contributed by atoms with Gasteiger partial charge in [0.15, 0.2) is 0 Å². The number of thioether (sulfide) groups is 1. The van der Waals surface area contributed by atoms with Crippen LogP contribution in [-0.4, -0.2) is 16.4 Å². The van der Waals surface area contributed by atoms with Gasteiger partial charge in [-0.15, -0.1) is 11.8 Å². The summed E-state index contributed by atoms with van der Waals surface area (Å²) in [7, 11) is 0. The molecule has 1 aromatic heterocycles. The number of benzene rings is 5. The summed E-state index contributed by atoms with van der Waals surface area (Å²) >= 11 is 13.6. The molecule has 1 unspecified atom stereocenters. The molecule has 0 radical (unpaired) electrons. The number of aromatic nitrogens is 1. The Balaban J connectivity index is 1.26. The fraction of sp³-hybridized carbons (Fsp3) is 0.0857. The van der Waals surface area contributed by atoms with Gasteiger partial charge in [-0.2, -0.15) is 0 Å². The predicted molar refractivity (Wildman–Crippen MR) is 180 cm³/mol. The first-order valence-electron chi connectivity index (χ1n) is 13.8. The Morgan fingerprint density at radius 2 is 1.49 bits per heavy atom. The third kappa shape index (κ3) is 6.13. The van der Waals surface area contributed by atoms with Crippen molar-refractivity contribution in [1.82, 2.24) is 4.57 Å². The van der Waals surface area contributed by atoms with Gasteiger partial charge >= 0.3 is 0 Å². The Bertz CT molecular complexity index is 1970. The molecule has 0 spiro atoms. The molecule has 0 fully saturated rings. The van der Waals surface area contributed by atoms with Crippen LogP contribution in [0.5, 0.6) is 0 Å². The average molecular weight is 625 g/mol. The zero-order valence-electron chi connectivity index (χ0n) is 23.2. The molecule has 2 N–H and O–H groups in total. The largest absolute Gasteiger partial charge is 0.341 e. The number of amides is 2. The van der Waals surface area contributed by atoms with Crippen molar-refractivity contribution in [2.75, 3.05) is 10.6 Å². The number of halogens is 2. The number of rotatable bonds is 8. The fourth-order valence-electron chi connectivity index (χ4n) is 5.24. The predicted octanol–water partition coefficient (Wildman–Crippen LogP) is 9.85. The summed E-state index contributed by atoms with van der Waals surface area (Å²) < 4.78 is 2.28. The highest BCUT2D eigenvalue weighted by Gasteiger charge is 2.23. The minimum absolute atomic E-state index is 0.142. The second kappa shape index (κ2) is 12.6. The lowest BCUT2D eigenvalue weighted by molar-refractivity contribution is -0.115. The van der Waals surface area contributed by atoms with Gasteiger partial charge < -0.3 is 15.2 Å². The van der Waals surface area contributed by atoms with Gasteiger partial charge in [0.2, 0.25) is 5.91 Å². The van der Waals surface area contributed by atoms with Crippen molar-refractivity contribution in [1.29, 1.82) is 0 Å². The second-order valence-electron chi connectivity index (χ2n) is 10.00. The lowest BCUT2D eigenvalue weighted by Gasteiger charge is -2.18. The molecule has 1 heterocycles. The number of aryl methyl sites for hydroxylation is 1. The summed E-state index contributed by atoms with van der Waals surface area (Å²) in [5, 5.41) is 8.50. The molecule has 6 rings (SSSR count). The molecule has 0 saturated carbocycles. The average Bonchev–Trinajstić information content (AvgIpc) is 3.33. The van der Waals surface area contributed by atoms with Gasteiger partial charge in [-0.3, -0.25) is 9.59 Å². The van der Waals surface area contributed by atoms with Gasteiger partial charge in [0.05, 0.1) is 10.6 Å². The van der Waals surface area contributed by atoms with E-state index >= 15 is 0 Å². The molecule has 1 atom stereocenters. The van der Waals surface area contributed by atoms with E-state index in [0.29, 0.717) is 16.3 Å². The van der Waals surface area contributed by atoms with Crippen LogP contribution in [0.3, 0.4) is 0 Å². The molecule has 8 heteroatoms. The van der Waals surface area contributed by atoms with Gasteiger partial charge in [-0.05, 0) is 73.2 Å². The summed E-state index contributed by atoms with van der Waals surface area (Å²) in [5.41, 5.74) is 4.83. The molecular formula is C35H27Cl2N3O2S. The first kappa shape index (κ1) is 28.9. The highest BCUT2D eigenvalue weighted by Crippen LogP contribution is 2.38. The number of carbonyl (C=O) groups is 2. The van der Waals surface area contributed by atoms with Gasteiger partial charge in [-0.1, -0.05) is 77.8 Å². The lowest BCUT2D eigenvalue weighted by Crippen LogP contribution is -2.19. The van der Waals surface area contributed by atoms with Crippen molar-refractivity contribution in [2.45, 2.75) is 23.6 Å². The number of hydrogen-bond donors (Lipinski definition) is 2. The van der Waals surface area contributed by atoms with Crippen LogP contribution >= 0.6 is 35.0 Å². The van der Waals surface area contributed by atoms with E-state index in [2.05, 4.69) is 40.3 Å². The number of nitrogens with zero attached hydrogens (tertiary/aromatic N) is 1. The molecule has 5 nitrogen and oxygen atoms in total. The third-order valence-corrected chi connectivity index (χ3v) is 9.01. The quantitative estimate of drug-likeness (QED) is 0.166. The Morgan fingerprint density at radius 1 is 0.744 bits per heavy atom. The standard InChI is InChI=1S/C35H27Cl2N3O2S/c1-2-40-31-14-7-6-13-27(31)29-21-25(16-18-32(29)40)39-35(42)33(22-9-4-3-5-10-22)43-26-12-8-11-24(20-26)38-34(41)28-17-15-23(36)19-30(28)37/h3-21,33H,2H2,1H3,(H,38,41)(H,39,42). The van der Waals surface area contributed by atoms with E-state index in [1.807, 2.05) is 72.8 Å². The molecule has 214 valence electrons. The molecular weight excluding hydrogens is 597 g/mol. The highest BCUT2D eigenvalue weighted by molar-refractivity contribution is 8.00. The number of nitrogens with one attached hydrogen (secondary N) is 2. The maximum atomic E-state index is 13.9. The highest BCUT2D eigenvalue weighted by atomic mass is 35.5. The number of fused-ring (bicyclic) bond motifs is 3. The van der Waals surface area contributed by atoms with E-state index < -0.39 is 5.25 Å². The molecule has 0 aliphatic rings. The number of carbonyl (C=O) groups excluding carboxylic acids is 2. The number of hydrogen-bond acceptors (Lipinski definition) is 3. The molecule has 0 saturated heterocycles. The molecule has 2 amide bonds. The molecule has 6 aromatic rings. The monoisotopic (exact) mass is 623 g/mol. The van der Waals surface area contributed by atoms with Crippen LogP contribution in [0.2, 0.25) is 10.0 Å². The van der Waals surface area contributed by atoms with E-state index in [0.717, 1.165) is 39.0 Å². The summed E-state index contributed by atoms with van der Waals surface area (Å²) in [6, 6.07) is 36.2. The van der Waals surface area contributed by atoms with Gasteiger partial charge in [-0.25, -0.2) is 0 Å². The smallest absolute Gasteiger partial charge is 0.257 e. The molecule has 0 bridgehead atoms. The Morgan fingerprint density at radius 3 is 2.28 bits per heavy atom. The van der Waals surface area contributed by atoms with Crippen molar-refractivity contribution in [3.8, 4) is 0 Å². The van der Waals surface area contributed by atoms with Crippen LogP contribution in [0.25, 0.3) is 21.8 Å². The summed E-state index contributed by atoms with van der Waals surface area (Å²) in [6.45, 7) is 2.99. The number of anilines is 2. The first-order valence-corrected chi connectivity index (χ1v) is 15.4. The van der Waals surface area contributed by atoms with Gasteiger partial charge in [0.1, 0.15) is 5.25 Å². The Kier molecular flexibility index (Phi) is 8.43. The number of para-hydroxylation sites is 1. The third-order valence-electron chi connectivity index (χ3n) is 7.22. The van der Waals surface area contributed by atoms with Crippen molar-refractivity contribution >= 4 is 80.0 Å². The van der Waals surface area contributed by atoms with Crippen molar-refractivity contribution < 1.29 is 9.59 Å². The van der Waals surface area contributed by atoms with Gasteiger partial charge in [0.25, 0.3) is 5.91 Å². The summed E-state index contributed by atoms with van der Waals surface area (Å²) in [4.78, 5) is 27.6. The van der Waals surface area contributed by atoms with Crippen molar-refractivity contribution in [2.24, 2.45) is 0 Å². The van der Waals surface area contributed by atoms with Crippen molar-refractivity contribution in [3.63, 3.8) is 0 Å². The van der Waals surface area contributed by atoms with Crippen LogP contribution < -0.4 is 10.6 Å². The lowest BCUT2D eigenvalue weighted by atomic mass is 10.1. The summed E-state index contributed by atoms with van der Waals surface area (Å²) in [6.07, 6.45) is 0. The topological polar surface area (TPSA) is 63.1 Å². The van der Waals surface area contributed by atoms with E-state index in [-0.39, 0.29) is 16.8 Å². The van der Waals surface area contributed by atoms with Crippen LogP contribution in [0.1, 0.15) is 28.1 Å². The fourth-order valence-corrected chi connectivity index (χ4v) is 6.81. The van der Waals surface area contributed by atoms with Crippen LogP contribution in [0.4, 0.5) is 11.4 Å². The SMILES string of the molecule is CCn1c2ccccc2c2cc(NC(=O)C(Sc3cccc(NC(=O)c4ccc(Cl)cc4Cl)c3)c3ccccc3)ccc21. The van der Waals surface area contributed by atoms with E-state index in [1.165, 1.54) is 23.3 Å². The minimum atomic E-state index is -0.537. The zero-order valence-corrected chi connectivity index (χ0v) is 25.5. The molecule has 43 heavy (non-hydrogen) atoms. The van der Waals surface area contributed by atoms with E-state index in [9.17, 15) is 9.59 Å². The summed E-state index contributed by atoms with van der Waals surface area (Å²) in [5.74, 6) is -0.488. The molecule has 5 aromatic carbocycles. The molecule has 0 aliphatic carbocycles. The van der Waals surface area contributed by atoms with Crippen LogP contribution in [0, 0.1) is 0 Å². The maximum absolute atomic E-state index is 13.9. The Labute approximate surface area is 263 Å². The molecule has 0 aliphatic heterocycles. The van der Waals surface area contributed by atoms with Crippen LogP contribution in [0.15, 0.2) is 120 Å². The van der Waals surface area contributed by atoms with E-state index in [1.54, 1.807) is 18.2 Å². The normalized spacial score (nSPS) is 11.9. The zero-order chi connectivity index (χ0) is 29.9. The van der Waals surface area contributed by atoms with Gasteiger partial charge in [0, 0.05) is 49.6 Å². The second-order valence-corrected chi connectivity index (χ2v) is 12.0. The van der Waals surface area contributed by atoms with Crippen molar-refractivity contribution in [3.05, 3.63) is 136 Å². The Hall–Kier alpha value is -4.23. The maximum Gasteiger partial charge on any atom is 0.257 e. The van der Waals surface area contributed by atoms with Crippen LogP contribution in [-0.2, 0) is 11.3 Å². The minimum Gasteiger partial charge on any atom is -0.341 e.